The number of piperidine rings is 1. The highest BCUT2D eigenvalue weighted by Gasteiger charge is 2.69. The van der Waals surface area contributed by atoms with Crippen LogP contribution in [0.4, 0.5) is 0 Å². The van der Waals surface area contributed by atoms with Crippen LogP contribution in [0.5, 0.6) is 0 Å². The van der Waals surface area contributed by atoms with Crippen molar-refractivity contribution >= 4 is 41.0 Å². The zero-order chi connectivity index (χ0) is 41.6. The lowest BCUT2D eigenvalue weighted by Gasteiger charge is -2.39. The molecule has 56 heavy (non-hydrogen) atoms. The second kappa shape index (κ2) is 18.6. The number of hydrogen-bond acceptors (Lipinski definition) is 8. The van der Waals surface area contributed by atoms with E-state index >= 15 is 0 Å². The molecule has 1 saturated carbocycles. The van der Waals surface area contributed by atoms with E-state index in [1.165, 1.54) is 4.90 Å². The number of hydrogen-bond donors (Lipinski definition) is 1. The van der Waals surface area contributed by atoms with Crippen LogP contribution in [0.2, 0.25) is 0 Å². The Balaban J connectivity index is 1.54. The molecule has 2 aliphatic heterocycles. The van der Waals surface area contributed by atoms with Crippen molar-refractivity contribution in [2.24, 2.45) is 34.5 Å². The molecule has 1 aromatic carbocycles. The van der Waals surface area contributed by atoms with Crippen molar-refractivity contribution in [3.05, 3.63) is 35.9 Å². The van der Waals surface area contributed by atoms with Gasteiger partial charge in [0.15, 0.2) is 11.6 Å². The molecule has 6 atom stereocenters. The fourth-order valence-electron chi connectivity index (χ4n) is 9.05. The number of benzene rings is 1. The average molecular weight is 778 g/mol. The van der Waals surface area contributed by atoms with Crippen molar-refractivity contribution in [1.29, 1.82) is 0 Å². The summed E-state index contributed by atoms with van der Waals surface area (Å²) in [5, 5.41) is 2.73. The van der Waals surface area contributed by atoms with Gasteiger partial charge in [0.25, 0.3) is 0 Å². The maximum absolute atomic E-state index is 14.7. The number of ketones is 3. The summed E-state index contributed by atoms with van der Waals surface area (Å²) in [6.45, 7) is 14.1. The van der Waals surface area contributed by atoms with Crippen LogP contribution in [-0.2, 0) is 38.3 Å². The Morgan fingerprint density at radius 2 is 1.50 bits per heavy atom. The lowest BCUT2D eigenvalue weighted by atomic mass is 9.72. The van der Waals surface area contributed by atoms with E-state index < -0.39 is 58.4 Å². The van der Waals surface area contributed by atoms with E-state index in [1.54, 1.807) is 64.0 Å². The van der Waals surface area contributed by atoms with Gasteiger partial charge in [-0.05, 0) is 61.8 Å². The highest BCUT2D eigenvalue weighted by Crippen LogP contribution is 2.65. The number of fused-ring (bicyclic) bond motifs is 3. The molecule has 3 amide bonds. The van der Waals surface area contributed by atoms with Crippen LogP contribution in [0.25, 0.3) is 0 Å². The van der Waals surface area contributed by atoms with Gasteiger partial charge in [-0.25, -0.2) is 0 Å². The molecule has 11 heteroatoms. The van der Waals surface area contributed by atoms with Gasteiger partial charge in [-0.2, -0.15) is 0 Å². The number of nitrogens with zero attached hydrogens (tertiary/aromatic N) is 2. The Morgan fingerprint density at radius 1 is 0.893 bits per heavy atom. The third kappa shape index (κ3) is 11.4. The van der Waals surface area contributed by atoms with E-state index in [0.717, 1.165) is 44.9 Å². The van der Waals surface area contributed by atoms with Gasteiger partial charge in [0.2, 0.25) is 23.5 Å². The normalized spacial score (nSPS) is 26.2. The molecule has 310 valence electrons. The Morgan fingerprint density at radius 3 is 2.11 bits per heavy atom. The molecule has 1 aromatic rings. The summed E-state index contributed by atoms with van der Waals surface area (Å²) < 4.78 is 5.70. The van der Waals surface area contributed by atoms with E-state index in [4.69, 9.17) is 4.74 Å². The lowest BCUT2D eigenvalue weighted by Crippen LogP contribution is -2.51. The smallest absolute Gasteiger partial charge is 0.307 e. The quantitative estimate of drug-likeness (QED) is 0.202. The van der Waals surface area contributed by atoms with Crippen LogP contribution in [0.1, 0.15) is 144 Å². The molecule has 1 N–H and O–H groups in total. The first-order chi connectivity index (χ1) is 26.2. The Labute approximate surface area is 334 Å². The van der Waals surface area contributed by atoms with Crippen molar-refractivity contribution in [3.63, 3.8) is 0 Å². The van der Waals surface area contributed by atoms with Gasteiger partial charge in [-0.15, -0.1) is 0 Å². The fraction of sp³-hybridized carbons (Fsp3) is 0.711. The lowest BCUT2D eigenvalue weighted by molar-refractivity contribution is -0.161. The van der Waals surface area contributed by atoms with Crippen LogP contribution in [0.3, 0.4) is 0 Å². The Kier molecular flexibility index (Phi) is 14.9. The largest absolute Gasteiger partial charge is 0.460 e. The van der Waals surface area contributed by atoms with E-state index in [-0.39, 0.29) is 60.5 Å². The van der Waals surface area contributed by atoms with Gasteiger partial charge in [0.1, 0.15) is 11.6 Å². The molecule has 4 rings (SSSR count). The fourth-order valence-corrected chi connectivity index (χ4v) is 9.05. The number of amides is 3. The van der Waals surface area contributed by atoms with E-state index in [2.05, 4.69) is 19.2 Å². The van der Waals surface area contributed by atoms with Gasteiger partial charge >= 0.3 is 5.97 Å². The van der Waals surface area contributed by atoms with E-state index in [0.29, 0.717) is 24.9 Å². The summed E-state index contributed by atoms with van der Waals surface area (Å²) in [5.41, 5.74) is -0.810. The Hall–Kier alpha value is -3.89. The first-order valence-corrected chi connectivity index (χ1v) is 20.8. The molecule has 0 spiro atoms. The van der Waals surface area contributed by atoms with Crippen molar-refractivity contribution in [3.8, 4) is 0 Å². The number of carbonyl (C=O) groups is 7. The standard InChI is InChI=1S/C45H67N3O8/c1-43(2,3)56-36(52)27-31-41(54)48-28-32-37(45(32,6)7)39(48)34(50)26-30(22-16-13-11-10-12-14-19-25-44(31,4)5)40(53)33(49)23-24-35(51)46-38(42(55)47(8)9)29-20-17-15-18-21-29/h15,17-18,20-21,30-32,37-39H,10-14,16,19,22-28H2,1-9H3,(H,46,51)/t30-,31-,32?,37+,38+,39-/m1/s1. The monoisotopic (exact) mass is 777 g/mol. The third-order valence-electron chi connectivity index (χ3n) is 12.5. The first kappa shape index (κ1) is 44.8. The van der Waals surface area contributed by atoms with Crippen LogP contribution < -0.4 is 5.32 Å². The highest BCUT2D eigenvalue weighted by atomic mass is 16.6. The first-order valence-electron chi connectivity index (χ1n) is 20.8. The van der Waals surface area contributed by atoms with Gasteiger partial charge in [-0.3, -0.25) is 33.6 Å². The van der Waals surface area contributed by atoms with Crippen molar-refractivity contribution in [2.75, 3.05) is 20.6 Å². The third-order valence-corrected chi connectivity index (χ3v) is 12.5. The van der Waals surface area contributed by atoms with Crippen LogP contribution in [0.15, 0.2) is 30.3 Å². The van der Waals surface area contributed by atoms with Gasteiger partial charge in [0, 0.05) is 45.8 Å². The summed E-state index contributed by atoms with van der Waals surface area (Å²) >= 11 is 0. The highest BCUT2D eigenvalue weighted by molar-refractivity contribution is 6.38. The molecule has 1 unspecified atom stereocenters. The summed E-state index contributed by atoms with van der Waals surface area (Å²) in [7, 11) is 3.19. The zero-order valence-corrected chi connectivity index (χ0v) is 35.4. The molecule has 2 saturated heterocycles. The molecule has 2 heterocycles. The summed E-state index contributed by atoms with van der Waals surface area (Å²) in [6.07, 6.45) is 6.70. The zero-order valence-electron chi connectivity index (χ0n) is 35.4. The predicted octanol–water partition coefficient (Wildman–Crippen LogP) is 6.81. The van der Waals surface area contributed by atoms with Crippen LogP contribution in [0, 0.1) is 34.5 Å². The van der Waals surface area contributed by atoms with Gasteiger partial charge in [-0.1, -0.05) is 103 Å². The molecule has 3 aliphatic rings. The minimum Gasteiger partial charge on any atom is -0.460 e. The number of esters is 1. The summed E-state index contributed by atoms with van der Waals surface area (Å²) in [6, 6.07) is 7.13. The molecular weight excluding hydrogens is 711 g/mol. The number of Topliss-reactive ketones (excluding diaryl/α,β-unsaturated/α-hetero) is 3. The Bertz CT molecular complexity index is 1610. The maximum Gasteiger partial charge on any atom is 0.307 e. The minimum atomic E-state index is -0.943. The van der Waals surface area contributed by atoms with E-state index in [9.17, 15) is 33.6 Å². The minimum absolute atomic E-state index is 0.0797. The number of nitrogens with one attached hydrogen (secondary N) is 1. The summed E-state index contributed by atoms with van der Waals surface area (Å²) in [4.78, 5) is 99.0. The van der Waals surface area contributed by atoms with Gasteiger partial charge < -0.3 is 19.9 Å². The number of carbonyl (C=O) groups excluding carboxylic acids is 7. The molecule has 0 aromatic heterocycles. The van der Waals surface area contributed by atoms with Crippen LogP contribution in [-0.4, -0.2) is 83.1 Å². The maximum atomic E-state index is 14.7. The van der Waals surface area contributed by atoms with Crippen molar-refractivity contribution < 1.29 is 38.3 Å². The summed E-state index contributed by atoms with van der Waals surface area (Å²) in [5.74, 6) is -4.67. The molecular formula is C45H67N3O8. The second-order valence-electron chi connectivity index (χ2n) is 19.0. The number of ether oxygens (including phenoxy) is 1. The topological polar surface area (TPSA) is 147 Å². The van der Waals surface area contributed by atoms with Crippen LogP contribution >= 0.6 is 0 Å². The number of likely N-dealkylation sites (N-methyl/N-ethyl adjacent to an activating group) is 1. The SMILES string of the molecule is CN(C)C(=O)[C@@H](NC(=O)CCC(=O)C(=O)[C@@H]1CCCCCCCCCC(C)(C)[C@H](CC(=O)OC(C)(C)C)C(=O)N2CC3[C@@H]([C@H]2C(=O)C1)C3(C)C)c1ccccc1. The van der Waals surface area contributed by atoms with Gasteiger partial charge in [0.05, 0.1) is 18.4 Å². The average Bonchev–Trinajstić information content (AvgIpc) is 3.42. The number of rotatable bonds is 10. The van der Waals surface area contributed by atoms with E-state index in [1.807, 2.05) is 19.9 Å². The van der Waals surface area contributed by atoms with Crippen molar-refractivity contribution in [2.45, 2.75) is 150 Å². The molecule has 3 fully saturated rings. The second-order valence-corrected chi connectivity index (χ2v) is 19.0. The molecule has 0 bridgehead atoms. The molecule has 0 radical (unpaired) electrons. The molecule has 11 nitrogen and oxygen atoms in total. The predicted molar refractivity (Wildman–Crippen MR) is 214 cm³/mol. The molecule has 1 aliphatic carbocycles. The van der Waals surface area contributed by atoms with Crippen molar-refractivity contribution in [1.82, 2.24) is 15.1 Å².